The predicted octanol–water partition coefficient (Wildman–Crippen LogP) is 9.65. The van der Waals surface area contributed by atoms with Crippen molar-refractivity contribution in [3.05, 3.63) is 168 Å². The van der Waals surface area contributed by atoms with Crippen LogP contribution in [0.25, 0.3) is 94.1 Å². The first kappa shape index (κ1) is 27.8. The summed E-state index contributed by atoms with van der Waals surface area (Å²) < 4.78 is 6.00. The topological polar surface area (TPSA) is 70.0 Å². The smallest absolute Gasteiger partial charge is 0.267 e. The van der Waals surface area contributed by atoms with Gasteiger partial charge in [0.2, 0.25) is 11.7 Å². The Morgan fingerprint density at radius 2 is 1.16 bits per heavy atom. The zero-order valence-corrected chi connectivity index (χ0v) is 27.1. The van der Waals surface area contributed by atoms with Gasteiger partial charge in [-0.1, -0.05) is 109 Å². The van der Waals surface area contributed by atoms with Gasteiger partial charge in [0.1, 0.15) is 0 Å². The van der Waals surface area contributed by atoms with Crippen LogP contribution < -0.4 is 5.56 Å². The maximum atomic E-state index is 14.6. The molecule has 7 nitrogen and oxygen atoms in total. The van der Waals surface area contributed by atoms with Gasteiger partial charge in [0.15, 0.2) is 0 Å². The number of fused-ring (bicyclic) bond motifs is 11. The molecule has 0 aliphatic rings. The molecule has 0 aliphatic carbocycles. The van der Waals surface area contributed by atoms with E-state index in [9.17, 15) is 4.79 Å². The second-order valence-electron chi connectivity index (χ2n) is 12.8. The Balaban J connectivity index is 1.35. The first-order chi connectivity index (χ1) is 25.2. The van der Waals surface area contributed by atoms with Gasteiger partial charge in [0.25, 0.3) is 5.56 Å². The zero-order chi connectivity index (χ0) is 33.6. The number of para-hydroxylation sites is 4. The van der Waals surface area contributed by atoms with Crippen LogP contribution in [0.5, 0.6) is 0 Å². The third-order valence-electron chi connectivity index (χ3n) is 10.1. The van der Waals surface area contributed by atoms with Gasteiger partial charge in [-0.2, -0.15) is 0 Å². The van der Waals surface area contributed by atoms with E-state index in [0.29, 0.717) is 17.1 Å². The zero-order valence-electron chi connectivity index (χ0n) is 27.1. The number of rotatable bonds is 3. The third-order valence-corrected chi connectivity index (χ3v) is 10.1. The standard InChI is InChI=1S/C44H26N6O/c51-42-33-25-26-37-38(41(33)48(29-16-5-2-6-17-29)44-45-34-20-10-12-22-36(34)50(42)44)31-19-9-11-21-35(31)49(37)43-46-39(28-14-3-1-4-15-28)32-24-23-27-13-7-8-18-30(27)40(32)47-43/h1-26H. The van der Waals surface area contributed by atoms with Crippen molar-refractivity contribution in [3.63, 3.8) is 0 Å². The molecule has 0 amide bonds. The Kier molecular flexibility index (Phi) is 5.69. The van der Waals surface area contributed by atoms with Crippen LogP contribution in [0.3, 0.4) is 0 Å². The second-order valence-corrected chi connectivity index (χ2v) is 12.8. The molecule has 0 saturated carbocycles. The molecule has 0 unspecified atom stereocenters. The monoisotopic (exact) mass is 654 g/mol. The lowest BCUT2D eigenvalue weighted by atomic mass is 10.0. The molecule has 0 N–H and O–H groups in total. The van der Waals surface area contributed by atoms with Gasteiger partial charge in [-0.05, 0) is 53.9 Å². The summed E-state index contributed by atoms with van der Waals surface area (Å²) in [5.41, 5.74) is 7.72. The molecule has 238 valence electrons. The molecular formula is C44H26N6O. The Morgan fingerprint density at radius 1 is 0.471 bits per heavy atom. The van der Waals surface area contributed by atoms with Crippen molar-refractivity contribution < 1.29 is 0 Å². The van der Waals surface area contributed by atoms with Gasteiger partial charge >= 0.3 is 0 Å². The van der Waals surface area contributed by atoms with E-state index in [4.69, 9.17) is 15.0 Å². The lowest BCUT2D eigenvalue weighted by molar-refractivity contribution is 1.01. The maximum Gasteiger partial charge on any atom is 0.267 e. The van der Waals surface area contributed by atoms with E-state index in [1.54, 1.807) is 4.40 Å². The molecule has 0 saturated heterocycles. The van der Waals surface area contributed by atoms with Crippen molar-refractivity contribution >= 4 is 71.2 Å². The summed E-state index contributed by atoms with van der Waals surface area (Å²) in [4.78, 5) is 30.3. The number of nitrogens with zero attached hydrogens (tertiary/aromatic N) is 6. The molecule has 0 radical (unpaired) electrons. The Bertz CT molecular complexity index is 3270. The van der Waals surface area contributed by atoms with E-state index in [1.165, 1.54) is 0 Å². The first-order valence-corrected chi connectivity index (χ1v) is 16.9. The summed E-state index contributed by atoms with van der Waals surface area (Å²) in [5.74, 6) is 1.12. The molecule has 4 aromatic heterocycles. The van der Waals surface area contributed by atoms with Crippen molar-refractivity contribution in [1.82, 2.24) is 28.5 Å². The SMILES string of the molecule is O=c1c2ccc3c(c4ccccc4n3-c3nc(-c4ccccc4)c4ccc5ccccc5c4n3)c2n(-c2ccccc2)c2nc3ccccc3n12. The van der Waals surface area contributed by atoms with Crippen LogP contribution >= 0.6 is 0 Å². The van der Waals surface area contributed by atoms with Crippen LogP contribution in [-0.4, -0.2) is 28.5 Å². The Labute approximate surface area is 289 Å². The fraction of sp³-hybridized carbons (Fsp3) is 0. The van der Waals surface area contributed by atoms with Crippen molar-refractivity contribution in [2.45, 2.75) is 0 Å². The van der Waals surface area contributed by atoms with Crippen molar-refractivity contribution in [2.75, 3.05) is 0 Å². The molecule has 0 fully saturated rings. The quantitative estimate of drug-likeness (QED) is 0.178. The third kappa shape index (κ3) is 3.88. The summed E-state index contributed by atoms with van der Waals surface area (Å²) in [6.07, 6.45) is 0. The van der Waals surface area contributed by atoms with Gasteiger partial charge < -0.3 is 0 Å². The molecule has 0 aliphatic heterocycles. The Morgan fingerprint density at radius 3 is 2.00 bits per heavy atom. The van der Waals surface area contributed by atoms with Crippen LogP contribution in [0.1, 0.15) is 0 Å². The minimum absolute atomic E-state index is 0.112. The summed E-state index contributed by atoms with van der Waals surface area (Å²) in [5, 5.41) is 5.69. The molecule has 11 aromatic rings. The molecular weight excluding hydrogens is 629 g/mol. The van der Waals surface area contributed by atoms with Gasteiger partial charge in [0.05, 0.1) is 44.2 Å². The lowest BCUT2D eigenvalue weighted by Gasteiger charge is -2.15. The van der Waals surface area contributed by atoms with Crippen LogP contribution in [0.4, 0.5) is 0 Å². The van der Waals surface area contributed by atoms with E-state index in [0.717, 1.165) is 77.0 Å². The minimum Gasteiger partial charge on any atom is -0.279 e. The van der Waals surface area contributed by atoms with Crippen molar-refractivity contribution in [3.8, 4) is 22.9 Å². The van der Waals surface area contributed by atoms with E-state index in [2.05, 4.69) is 81.9 Å². The molecule has 7 aromatic carbocycles. The normalized spacial score (nSPS) is 12.0. The van der Waals surface area contributed by atoms with Crippen LogP contribution in [-0.2, 0) is 0 Å². The van der Waals surface area contributed by atoms with E-state index in [-0.39, 0.29) is 5.56 Å². The van der Waals surface area contributed by atoms with Crippen molar-refractivity contribution in [2.24, 2.45) is 0 Å². The predicted molar refractivity (Wildman–Crippen MR) is 206 cm³/mol. The number of aromatic nitrogens is 6. The molecule has 7 heteroatoms. The molecule has 0 atom stereocenters. The summed E-state index contributed by atoms with van der Waals surface area (Å²) in [7, 11) is 0. The van der Waals surface area contributed by atoms with E-state index in [1.807, 2.05) is 84.9 Å². The fourth-order valence-electron chi connectivity index (χ4n) is 7.84. The molecule has 51 heavy (non-hydrogen) atoms. The summed E-state index contributed by atoms with van der Waals surface area (Å²) >= 11 is 0. The van der Waals surface area contributed by atoms with Crippen LogP contribution in [0.2, 0.25) is 0 Å². The fourth-order valence-corrected chi connectivity index (χ4v) is 7.84. The highest BCUT2D eigenvalue weighted by Gasteiger charge is 2.24. The highest BCUT2D eigenvalue weighted by Crippen LogP contribution is 2.39. The average molecular weight is 655 g/mol. The number of hydrogen-bond donors (Lipinski definition) is 0. The number of benzene rings is 7. The Hall–Kier alpha value is -7.12. The van der Waals surface area contributed by atoms with Crippen LogP contribution in [0, 0.1) is 0 Å². The number of hydrogen-bond acceptors (Lipinski definition) is 4. The highest BCUT2D eigenvalue weighted by atomic mass is 16.1. The van der Waals surface area contributed by atoms with Gasteiger partial charge in [-0.25, -0.2) is 19.4 Å². The maximum absolute atomic E-state index is 14.6. The van der Waals surface area contributed by atoms with E-state index >= 15 is 0 Å². The molecule has 0 bridgehead atoms. The van der Waals surface area contributed by atoms with Gasteiger partial charge in [-0.15, -0.1) is 0 Å². The minimum atomic E-state index is -0.112. The van der Waals surface area contributed by atoms with E-state index < -0.39 is 0 Å². The van der Waals surface area contributed by atoms with Gasteiger partial charge in [0, 0.05) is 32.8 Å². The van der Waals surface area contributed by atoms with Crippen LogP contribution in [0.15, 0.2) is 163 Å². The highest BCUT2D eigenvalue weighted by molar-refractivity contribution is 6.21. The average Bonchev–Trinajstić information content (AvgIpc) is 3.75. The second kappa shape index (κ2) is 10.4. The largest absolute Gasteiger partial charge is 0.279 e. The molecule has 0 spiro atoms. The molecule has 11 rings (SSSR count). The first-order valence-electron chi connectivity index (χ1n) is 16.9. The van der Waals surface area contributed by atoms with Crippen molar-refractivity contribution in [1.29, 1.82) is 0 Å². The summed E-state index contributed by atoms with van der Waals surface area (Å²) in [6, 6.07) is 53.2. The number of imidazole rings is 1. The van der Waals surface area contributed by atoms with Gasteiger partial charge in [-0.3, -0.25) is 13.9 Å². The molecule has 4 heterocycles. The summed E-state index contributed by atoms with van der Waals surface area (Å²) in [6.45, 7) is 0. The lowest BCUT2D eigenvalue weighted by Crippen LogP contribution is -2.18.